The summed E-state index contributed by atoms with van der Waals surface area (Å²) in [5.74, 6) is -0.144. The Balaban J connectivity index is 1.58. The van der Waals surface area contributed by atoms with Gasteiger partial charge in [0.15, 0.2) is 5.69 Å². The van der Waals surface area contributed by atoms with Crippen molar-refractivity contribution in [2.24, 2.45) is 0 Å². The highest BCUT2D eigenvalue weighted by molar-refractivity contribution is 6.30. The van der Waals surface area contributed by atoms with Gasteiger partial charge >= 0.3 is 0 Å². The van der Waals surface area contributed by atoms with E-state index in [1.54, 1.807) is 0 Å². The maximum Gasteiger partial charge on any atom is 0.274 e. The molecule has 2 fully saturated rings. The molecule has 7 heteroatoms. The Morgan fingerprint density at radius 2 is 2.04 bits per heavy atom. The molecule has 27 heavy (non-hydrogen) atoms. The van der Waals surface area contributed by atoms with Gasteiger partial charge in [-0.3, -0.25) is 4.79 Å². The van der Waals surface area contributed by atoms with Gasteiger partial charge in [-0.05, 0) is 63.4 Å². The van der Waals surface area contributed by atoms with Crippen molar-refractivity contribution in [1.82, 2.24) is 25.6 Å². The Morgan fingerprint density at radius 1 is 1.30 bits per heavy atom. The van der Waals surface area contributed by atoms with E-state index in [9.17, 15) is 4.79 Å². The summed E-state index contributed by atoms with van der Waals surface area (Å²) in [5.41, 5.74) is 1.98. The van der Waals surface area contributed by atoms with Crippen molar-refractivity contribution >= 4 is 17.5 Å². The summed E-state index contributed by atoms with van der Waals surface area (Å²) in [5, 5.41) is 15.9. The first-order valence-electron chi connectivity index (χ1n) is 9.80. The fourth-order valence-corrected chi connectivity index (χ4v) is 4.67. The number of nitrogens with zero attached hydrogens (tertiary/aromatic N) is 3. The topological polar surface area (TPSA) is 71.8 Å². The minimum atomic E-state index is -0.368. The maximum absolute atomic E-state index is 13.1. The predicted octanol–water partition coefficient (Wildman–Crippen LogP) is 3.36. The molecule has 2 aromatic rings. The lowest BCUT2D eigenvalue weighted by molar-refractivity contribution is 0.0892. The number of rotatable bonds is 4. The molecule has 6 nitrogen and oxygen atoms in total. The standard InChI is InChI=1S/C20H26ClN5O/c1-14-18(24-25-26(14)17-7-11-22-12-8-17)19(27)23-20(9-2-3-10-20)15-5-4-6-16(21)13-15/h4-6,13,17,22H,2-3,7-12H2,1H3,(H,23,27). The van der Waals surface area contributed by atoms with E-state index in [-0.39, 0.29) is 11.4 Å². The van der Waals surface area contributed by atoms with Gasteiger partial charge in [0.05, 0.1) is 17.3 Å². The van der Waals surface area contributed by atoms with Gasteiger partial charge in [0.25, 0.3) is 5.91 Å². The van der Waals surface area contributed by atoms with Crippen LogP contribution < -0.4 is 10.6 Å². The number of carbonyl (C=O) groups is 1. The second-order valence-corrected chi connectivity index (χ2v) is 8.14. The lowest BCUT2D eigenvalue weighted by atomic mass is 9.88. The van der Waals surface area contributed by atoms with E-state index >= 15 is 0 Å². The van der Waals surface area contributed by atoms with E-state index < -0.39 is 0 Å². The van der Waals surface area contributed by atoms with Crippen LogP contribution in [0.1, 0.15) is 66.3 Å². The van der Waals surface area contributed by atoms with Crippen molar-refractivity contribution in [3.05, 3.63) is 46.2 Å². The summed E-state index contributed by atoms with van der Waals surface area (Å²) in [6.45, 7) is 3.89. The first-order valence-corrected chi connectivity index (χ1v) is 10.2. The second-order valence-electron chi connectivity index (χ2n) is 7.70. The van der Waals surface area contributed by atoms with Gasteiger partial charge in [-0.25, -0.2) is 4.68 Å². The van der Waals surface area contributed by atoms with Crippen LogP contribution in [-0.4, -0.2) is 34.0 Å². The van der Waals surface area contributed by atoms with E-state index in [0.29, 0.717) is 16.8 Å². The molecule has 1 aliphatic carbocycles. The summed E-state index contributed by atoms with van der Waals surface area (Å²) in [4.78, 5) is 13.1. The Kier molecular flexibility index (Phi) is 5.19. The number of hydrogen-bond acceptors (Lipinski definition) is 4. The van der Waals surface area contributed by atoms with Crippen molar-refractivity contribution in [2.45, 2.75) is 57.0 Å². The molecule has 1 aliphatic heterocycles. The molecule has 1 amide bonds. The summed E-state index contributed by atoms with van der Waals surface area (Å²) in [6, 6.07) is 8.14. The molecular weight excluding hydrogens is 362 g/mol. The number of nitrogens with one attached hydrogen (secondary N) is 2. The highest BCUT2D eigenvalue weighted by atomic mass is 35.5. The van der Waals surface area contributed by atoms with Crippen LogP contribution >= 0.6 is 11.6 Å². The van der Waals surface area contributed by atoms with Crippen molar-refractivity contribution < 1.29 is 4.79 Å². The number of carbonyl (C=O) groups excluding carboxylic acids is 1. The molecule has 0 atom stereocenters. The summed E-state index contributed by atoms with van der Waals surface area (Å²) in [7, 11) is 0. The Labute approximate surface area is 164 Å². The number of benzene rings is 1. The highest BCUT2D eigenvalue weighted by Gasteiger charge is 2.38. The fourth-order valence-electron chi connectivity index (χ4n) is 4.48. The third kappa shape index (κ3) is 3.60. The van der Waals surface area contributed by atoms with Crippen LogP contribution in [-0.2, 0) is 5.54 Å². The molecule has 0 bridgehead atoms. The predicted molar refractivity (Wildman–Crippen MR) is 105 cm³/mol. The van der Waals surface area contributed by atoms with Gasteiger partial charge in [-0.2, -0.15) is 0 Å². The molecule has 1 saturated heterocycles. The molecule has 0 spiro atoms. The minimum absolute atomic E-state index is 0.144. The van der Waals surface area contributed by atoms with Gasteiger partial charge in [-0.1, -0.05) is 41.8 Å². The molecule has 0 radical (unpaired) electrons. The summed E-state index contributed by atoms with van der Waals surface area (Å²) >= 11 is 6.21. The number of halogens is 1. The van der Waals surface area contributed by atoms with Gasteiger partial charge in [0, 0.05) is 5.02 Å². The van der Waals surface area contributed by atoms with E-state index in [1.165, 1.54) is 0 Å². The second kappa shape index (κ2) is 7.60. The van der Waals surface area contributed by atoms with Crippen LogP contribution in [0.4, 0.5) is 0 Å². The SMILES string of the molecule is Cc1c(C(=O)NC2(c3cccc(Cl)c3)CCCC2)nnn1C1CCNCC1. The van der Waals surface area contributed by atoms with Gasteiger partial charge < -0.3 is 10.6 Å². The summed E-state index contributed by atoms with van der Waals surface area (Å²) in [6.07, 6.45) is 6.04. The van der Waals surface area contributed by atoms with Crippen LogP contribution in [0, 0.1) is 6.92 Å². The summed E-state index contributed by atoms with van der Waals surface area (Å²) < 4.78 is 1.93. The third-order valence-electron chi connectivity index (χ3n) is 5.98. The van der Waals surface area contributed by atoms with Crippen molar-refractivity contribution in [3.8, 4) is 0 Å². The quantitative estimate of drug-likeness (QED) is 0.843. The number of piperidine rings is 1. The van der Waals surface area contributed by atoms with E-state index in [1.807, 2.05) is 29.8 Å². The van der Waals surface area contributed by atoms with Gasteiger partial charge in [0.2, 0.25) is 0 Å². The van der Waals surface area contributed by atoms with Crippen LogP contribution in [0.25, 0.3) is 0 Å². The average molecular weight is 388 g/mol. The van der Waals surface area contributed by atoms with Crippen LogP contribution in [0.3, 0.4) is 0 Å². The maximum atomic E-state index is 13.1. The van der Waals surface area contributed by atoms with Crippen LogP contribution in [0.15, 0.2) is 24.3 Å². The van der Waals surface area contributed by atoms with Gasteiger partial charge in [-0.15, -0.1) is 5.10 Å². The van der Waals surface area contributed by atoms with Crippen molar-refractivity contribution in [3.63, 3.8) is 0 Å². The zero-order chi connectivity index (χ0) is 18.9. The molecule has 1 saturated carbocycles. The number of hydrogen-bond donors (Lipinski definition) is 2. The lowest BCUT2D eigenvalue weighted by Gasteiger charge is -2.31. The molecule has 4 rings (SSSR count). The first kappa shape index (κ1) is 18.4. The van der Waals surface area contributed by atoms with Crippen LogP contribution in [0.2, 0.25) is 5.02 Å². The first-order chi connectivity index (χ1) is 13.1. The Hall–Kier alpha value is -1.92. The van der Waals surface area contributed by atoms with E-state index in [0.717, 1.165) is 62.9 Å². The fraction of sp³-hybridized carbons (Fsp3) is 0.550. The molecule has 144 valence electrons. The average Bonchev–Trinajstić information content (AvgIpc) is 3.30. The van der Waals surface area contributed by atoms with Crippen LogP contribution in [0.5, 0.6) is 0 Å². The van der Waals surface area contributed by atoms with E-state index in [4.69, 9.17) is 11.6 Å². The smallest absolute Gasteiger partial charge is 0.274 e. The molecule has 1 aromatic heterocycles. The van der Waals surface area contributed by atoms with Crippen molar-refractivity contribution in [1.29, 1.82) is 0 Å². The largest absolute Gasteiger partial charge is 0.341 e. The third-order valence-corrected chi connectivity index (χ3v) is 6.22. The molecule has 2 heterocycles. The van der Waals surface area contributed by atoms with Crippen molar-refractivity contribution in [2.75, 3.05) is 13.1 Å². The number of aromatic nitrogens is 3. The highest BCUT2D eigenvalue weighted by Crippen LogP contribution is 2.39. The minimum Gasteiger partial charge on any atom is -0.341 e. The zero-order valence-electron chi connectivity index (χ0n) is 15.7. The monoisotopic (exact) mass is 387 g/mol. The molecule has 2 aliphatic rings. The lowest BCUT2D eigenvalue weighted by Crippen LogP contribution is -2.44. The molecular formula is C20H26ClN5O. The van der Waals surface area contributed by atoms with E-state index in [2.05, 4.69) is 27.0 Å². The Morgan fingerprint density at radius 3 is 2.74 bits per heavy atom. The molecule has 1 aromatic carbocycles. The van der Waals surface area contributed by atoms with Gasteiger partial charge in [0.1, 0.15) is 0 Å². The number of amides is 1. The zero-order valence-corrected chi connectivity index (χ0v) is 16.4. The molecule has 0 unspecified atom stereocenters. The normalized spacial score (nSPS) is 19.9. The Bertz CT molecular complexity index is 822. The molecule has 2 N–H and O–H groups in total.